The van der Waals surface area contributed by atoms with Gasteiger partial charge in [-0.1, -0.05) is 11.8 Å². The van der Waals surface area contributed by atoms with E-state index in [-0.39, 0.29) is 5.56 Å². The van der Waals surface area contributed by atoms with Gasteiger partial charge in [-0.15, -0.1) is 0 Å². The smallest absolute Gasteiger partial charge is 0.289 e. The minimum Gasteiger partial charge on any atom is -0.361 e. The normalized spacial score (nSPS) is 12.4. The number of hydrogen-bond acceptors (Lipinski definition) is 7. The first-order valence-corrected chi connectivity index (χ1v) is 6.46. The topological polar surface area (TPSA) is 86.8 Å². The molecule has 0 spiro atoms. The highest BCUT2D eigenvalue weighted by Crippen LogP contribution is 2.44. The van der Waals surface area contributed by atoms with Crippen molar-refractivity contribution in [3.8, 4) is 0 Å². The van der Waals surface area contributed by atoms with E-state index in [1.54, 1.807) is 0 Å². The Morgan fingerprint density at radius 3 is 2.79 bits per heavy atom. The molecule has 2 N–H and O–H groups in total. The molecular formula is C11H12N6OS. The van der Waals surface area contributed by atoms with Crippen LogP contribution in [-0.4, -0.2) is 34.3 Å². The molecule has 98 valence electrons. The number of aryl methyl sites for hydroxylation is 1. The molecule has 3 rings (SSSR count). The highest BCUT2D eigenvalue weighted by molar-refractivity contribution is 7.99. The largest absolute Gasteiger partial charge is 0.361 e. The van der Waals surface area contributed by atoms with Crippen LogP contribution in [0.2, 0.25) is 0 Å². The van der Waals surface area contributed by atoms with Gasteiger partial charge in [0.25, 0.3) is 5.56 Å². The number of nitrogens with one attached hydrogen (secondary N) is 2. The predicted molar refractivity (Wildman–Crippen MR) is 73.4 cm³/mol. The fourth-order valence-corrected chi connectivity index (χ4v) is 2.85. The molecule has 0 fully saturated rings. The summed E-state index contributed by atoms with van der Waals surface area (Å²) in [5, 5.41) is 10.4. The quantitative estimate of drug-likeness (QED) is 0.644. The Kier molecular flexibility index (Phi) is 2.67. The second kappa shape index (κ2) is 4.23. The van der Waals surface area contributed by atoms with Crippen molar-refractivity contribution in [3.63, 3.8) is 0 Å². The third kappa shape index (κ3) is 1.84. The van der Waals surface area contributed by atoms with E-state index in [4.69, 9.17) is 0 Å². The van der Waals surface area contributed by atoms with Gasteiger partial charge in [-0.25, -0.2) is 15.1 Å². The van der Waals surface area contributed by atoms with Crippen molar-refractivity contribution < 1.29 is 0 Å². The van der Waals surface area contributed by atoms with Crippen LogP contribution in [0.5, 0.6) is 0 Å². The summed E-state index contributed by atoms with van der Waals surface area (Å²) in [5.41, 5.74) is 1.78. The standard InChI is InChI=1S/C11H12N6OS/c1-5-8-6(10(18)16-15-5)14-7-9(17(2)3)12-4-13-11(7)19-8/h4,14H,1-3H3,(H,16,18). The second-order valence-corrected chi connectivity index (χ2v) is 5.34. The van der Waals surface area contributed by atoms with Crippen molar-refractivity contribution in [2.24, 2.45) is 0 Å². The van der Waals surface area contributed by atoms with Gasteiger partial charge in [0, 0.05) is 14.1 Å². The molecule has 1 aliphatic heterocycles. The number of anilines is 3. The molecule has 0 bridgehead atoms. The first-order valence-electron chi connectivity index (χ1n) is 5.64. The molecule has 8 heteroatoms. The number of rotatable bonds is 1. The van der Waals surface area contributed by atoms with E-state index in [2.05, 4.69) is 25.5 Å². The van der Waals surface area contributed by atoms with Gasteiger partial charge in [0.05, 0.1) is 10.6 Å². The zero-order chi connectivity index (χ0) is 13.6. The van der Waals surface area contributed by atoms with Crippen LogP contribution >= 0.6 is 11.8 Å². The number of nitrogens with zero attached hydrogens (tertiary/aromatic N) is 4. The summed E-state index contributed by atoms with van der Waals surface area (Å²) in [4.78, 5) is 23.0. The third-order valence-electron chi connectivity index (χ3n) is 2.77. The fraction of sp³-hybridized carbons (Fsp3) is 0.273. The molecule has 19 heavy (non-hydrogen) atoms. The third-order valence-corrected chi connectivity index (χ3v) is 3.98. The summed E-state index contributed by atoms with van der Waals surface area (Å²) in [6.07, 6.45) is 1.52. The lowest BCUT2D eigenvalue weighted by molar-refractivity contribution is 0.900. The second-order valence-electron chi connectivity index (χ2n) is 4.34. The van der Waals surface area contributed by atoms with E-state index in [0.717, 1.165) is 27.1 Å². The number of hydrogen-bond donors (Lipinski definition) is 2. The van der Waals surface area contributed by atoms with E-state index in [1.165, 1.54) is 18.1 Å². The van der Waals surface area contributed by atoms with Crippen molar-refractivity contribution in [1.82, 2.24) is 20.2 Å². The SMILES string of the molecule is Cc1n[nH]c(=O)c2c1Sc1ncnc(N(C)C)c1N2. The van der Waals surface area contributed by atoms with Crippen LogP contribution in [0.4, 0.5) is 17.2 Å². The minimum absolute atomic E-state index is 0.243. The molecule has 0 amide bonds. The maximum atomic E-state index is 11.9. The number of H-pyrrole nitrogens is 1. The van der Waals surface area contributed by atoms with Crippen molar-refractivity contribution in [1.29, 1.82) is 0 Å². The van der Waals surface area contributed by atoms with Crippen molar-refractivity contribution >= 4 is 29.0 Å². The average molecular weight is 276 g/mol. The van der Waals surface area contributed by atoms with E-state index in [9.17, 15) is 4.79 Å². The van der Waals surface area contributed by atoms with Gasteiger partial charge in [0.2, 0.25) is 0 Å². The zero-order valence-electron chi connectivity index (χ0n) is 10.7. The Bertz CT molecular complexity index is 711. The van der Waals surface area contributed by atoms with Crippen LogP contribution < -0.4 is 15.8 Å². The lowest BCUT2D eigenvalue weighted by Gasteiger charge is -2.23. The average Bonchev–Trinajstić information content (AvgIpc) is 2.40. The van der Waals surface area contributed by atoms with Crippen LogP contribution in [0.3, 0.4) is 0 Å². The first-order chi connectivity index (χ1) is 9.08. The van der Waals surface area contributed by atoms with E-state index in [0.29, 0.717) is 5.69 Å². The lowest BCUT2D eigenvalue weighted by atomic mass is 10.3. The van der Waals surface area contributed by atoms with Crippen molar-refractivity contribution in [2.45, 2.75) is 16.8 Å². The van der Waals surface area contributed by atoms with Gasteiger partial charge in [-0.05, 0) is 6.92 Å². The summed E-state index contributed by atoms with van der Waals surface area (Å²) in [5.74, 6) is 0.747. The Morgan fingerprint density at radius 2 is 2.05 bits per heavy atom. The molecular weight excluding hydrogens is 264 g/mol. The molecule has 7 nitrogen and oxygen atoms in total. The molecule has 0 aromatic carbocycles. The van der Waals surface area contributed by atoms with Crippen LogP contribution in [0, 0.1) is 6.92 Å². The molecule has 0 radical (unpaired) electrons. The molecule has 0 saturated heterocycles. The van der Waals surface area contributed by atoms with E-state index < -0.39 is 0 Å². The predicted octanol–water partition coefficient (Wildman–Crippen LogP) is 1.14. The Morgan fingerprint density at radius 1 is 1.26 bits per heavy atom. The lowest BCUT2D eigenvalue weighted by Crippen LogP contribution is -2.21. The molecule has 0 aliphatic carbocycles. The first kappa shape index (κ1) is 12.0. The zero-order valence-corrected chi connectivity index (χ0v) is 11.5. The Balaban J connectivity index is 2.20. The van der Waals surface area contributed by atoms with Crippen LogP contribution in [0.25, 0.3) is 0 Å². The van der Waals surface area contributed by atoms with Crippen molar-refractivity contribution in [3.05, 3.63) is 22.4 Å². The molecule has 0 saturated carbocycles. The van der Waals surface area contributed by atoms with E-state index >= 15 is 0 Å². The minimum atomic E-state index is -0.243. The van der Waals surface area contributed by atoms with Gasteiger partial charge in [0.1, 0.15) is 22.7 Å². The molecule has 2 aromatic heterocycles. The monoisotopic (exact) mass is 276 g/mol. The van der Waals surface area contributed by atoms with Gasteiger partial charge in [-0.3, -0.25) is 4.79 Å². The summed E-state index contributed by atoms with van der Waals surface area (Å²) in [6.45, 7) is 1.85. The molecule has 0 atom stereocenters. The highest BCUT2D eigenvalue weighted by Gasteiger charge is 2.25. The Hall–Kier alpha value is -2.09. The van der Waals surface area contributed by atoms with E-state index in [1.807, 2.05) is 25.9 Å². The number of fused-ring (bicyclic) bond motifs is 2. The van der Waals surface area contributed by atoms with Crippen LogP contribution in [0.1, 0.15) is 5.69 Å². The Labute approximate surface area is 113 Å². The number of aromatic amines is 1. The van der Waals surface area contributed by atoms with Gasteiger partial charge in [0.15, 0.2) is 5.82 Å². The van der Waals surface area contributed by atoms with Gasteiger partial charge >= 0.3 is 0 Å². The maximum absolute atomic E-state index is 11.9. The fourth-order valence-electron chi connectivity index (χ4n) is 1.87. The molecule has 0 unspecified atom stereocenters. The van der Waals surface area contributed by atoms with Crippen molar-refractivity contribution in [2.75, 3.05) is 24.3 Å². The van der Waals surface area contributed by atoms with Crippen LogP contribution in [-0.2, 0) is 0 Å². The van der Waals surface area contributed by atoms with Crippen LogP contribution in [0.15, 0.2) is 21.0 Å². The summed E-state index contributed by atoms with van der Waals surface area (Å²) < 4.78 is 0. The van der Waals surface area contributed by atoms with Gasteiger partial charge in [-0.2, -0.15) is 5.10 Å². The van der Waals surface area contributed by atoms with Gasteiger partial charge < -0.3 is 10.2 Å². The maximum Gasteiger partial charge on any atom is 0.289 e. The summed E-state index contributed by atoms with van der Waals surface area (Å²) in [7, 11) is 3.79. The number of aromatic nitrogens is 4. The summed E-state index contributed by atoms with van der Waals surface area (Å²) in [6, 6.07) is 0. The molecule has 3 heterocycles. The highest BCUT2D eigenvalue weighted by atomic mass is 32.2. The molecule has 2 aromatic rings. The summed E-state index contributed by atoms with van der Waals surface area (Å²) >= 11 is 1.43. The molecule has 1 aliphatic rings.